The summed E-state index contributed by atoms with van der Waals surface area (Å²) in [6.07, 6.45) is 5.17. The summed E-state index contributed by atoms with van der Waals surface area (Å²) in [7, 11) is 1.62. The molecule has 1 aliphatic heterocycles. The summed E-state index contributed by atoms with van der Waals surface area (Å²) in [5, 5.41) is 1.75. The summed E-state index contributed by atoms with van der Waals surface area (Å²) < 4.78 is 45.4. The summed E-state index contributed by atoms with van der Waals surface area (Å²) >= 11 is 0. The molecule has 1 heterocycles. The Hall–Kier alpha value is -3.64. The molecule has 0 saturated carbocycles. The van der Waals surface area contributed by atoms with E-state index in [1.165, 1.54) is 31.7 Å². The van der Waals surface area contributed by atoms with E-state index in [4.69, 9.17) is 14.2 Å². The number of ether oxygens (including phenoxy) is 3. The highest BCUT2D eigenvalue weighted by molar-refractivity contribution is 5.96. The van der Waals surface area contributed by atoms with Gasteiger partial charge in [0.15, 0.2) is 11.6 Å². The highest BCUT2D eigenvalue weighted by Gasteiger charge is 2.15. The Morgan fingerprint density at radius 2 is 1.46 bits per heavy atom. The van der Waals surface area contributed by atoms with Gasteiger partial charge in [0.2, 0.25) is 0 Å². The smallest absolute Gasteiger partial charge is 0.159 e. The van der Waals surface area contributed by atoms with Crippen LogP contribution in [0.5, 0.6) is 23.0 Å². The first-order valence-electron chi connectivity index (χ1n) is 12.8. The topological polar surface area (TPSA) is 30.9 Å². The molecule has 0 unspecified atom stereocenters. The second-order valence-electron chi connectivity index (χ2n) is 9.34. The Bertz CT molecular complexity index is 1350. The molecular formula is C31H31F2NO3. The molecule has 6 heteroatoms. The second kappa shape index (κ2) is 11.6. The van der Waals surface area contributed by atoms with E-state index in [0.29, 0.717) is 29.2 Å². The monoisotopic (exact) mass is 503 g/mol. The van der Waals surface area contributed by atoms with E-state index in [-0.39, 0.29) is 0 Å². The van der Waals surface area contributed by atoms with Crippen LogP contribution in [-0.2, 0) is 0 Å². The van der Waals surface area contributed by atoms with Gasteiger partial charge in [-0.05, 0) is 97.5 Å². The van der Waals surface area contributed by atoms with Crippen LogP contribution in [0.3, 0.4) is 0 Å². The molecule has 5 rings (SSSR count). The van der Waals surface area contributed by atoms with Gasteiger partial charge in [0.25, 0.3) is 0 Å². The third kappa shape index (κ3) is 6.03. The fraction of sp³-hybridized carbons (Fsp3) is 0.290. The molecule has 0 bridgehead atoms. The summed E-state index contributed by atoms with van der Waals surface area (Å²) in [6.45, 7) is 3.86. The molecule has 1 aliphatic rings. The van der Waals surface area contributed by atoms with Gasteiger partial charge in [-0.2, -0.15) is 0 Å². The zero-order valence-electron chi connectivity index (χ0n) is 21.0. The van der Waals surface area contributed by atoms with Gasteiger partial charge >= 0.3 is 0 Å². The highest BCUT2D eigenvalue weighted by atomic mass is 19.2. The maximum atomic E-state index is 14.1. The fourth-order valence-corrected chi connectivity index (χ4v) is 4.78. The molecule has 1 saturated heterocycles. The quantitative estimate of drug-likeness (QED) is 0.245. The molecule has 4 nitrogen and oxygen atoms in total. The Labute approximate surface area is 216 Å². The largest absolute Gasteiger partial charge is 0.497 e. The van der Waals surface area contributed by atoms with Crippen LogP contribution in [0.25, 0.3) is 21.9 Å². The first-order valence-corrected chi connectivity index (χ1v) is 12.8. The van der Waals surface area contributed by atoms with Crippen molar-refractivity contribution in [2.24, 2.45) is 0 Å². The van der Waals surface area contributed by atoms with Crippen molar-refractivity contribution in [3.05, 3.63) is 84.4 Å². The molecule has 0 aromatic heterocycles. The van der Waals surface area contributed by atoms with Crippen LogP contribution >= 0.6 is 0 Å². The molecule has 0 N–H and O–H groups in total. The maximum absolute atomic E-state index is 14.1. The van der Waals surface area contributed by atoms with Crippen molar-refractivity contribution < 1.29 is 23.0 Å². The van der Waals surface area contributed by atoms with E-state index < -0.39 is 11.6 Å². The van der Waals surface area contributed by atoms with Crippen LogP contribution in [0.15, 0.2) is 72.8 Å². The molecular weight excluding hydrogens is 472 g/mol. The molecule has 37 heavy (non-hydrogen) atoms. The number of nitrogens with zero attached hydrogens (tertiary/aromatic N) is 1. The maximum Gasteiger partial charge on any atom is 0.159 e. The fourth-order valence-electron chi connectivity index (χ4n) is 4.78. The van der Waals surface area contributed by atoms with E-state index in [1.807, 2.05) is 54.6 Å². The number of hydrogen-bond acceptors (Lipinski definition) is 4. The molecule has 0 aliphatic carbocycles. The van der Waals surface area contributed by atoms with Crippen LogP contribution in [0, 0.1) is 11.6 Å². The van der Waals surface area contributed by atoms with E-state index in [2.05, 4.69) is 4.90 Å². The van der Waals surface area contributed by atoms with Crippen molar-refractivity contribution in [1.82, 2.24) is 4.90 Å². The number of rotatable bonds is 8. The van der Waals surface area contributed by atoms with Gasteiger partial charge in [-0.1, -0.05) is 25.0 Å². The van der Waals surface area contributed by atoms with E-state index >= 15 is 0 Å². The molecule has 0 amide bonds. The van der Waals surface area contributed by atoms with E-state index in [9.17, 15) is 8.78 Å². The van der Waals surface area contributed by atoms with Crippen molar-refractivity contribution in [3.8, 4) is 34.1 Å². The molecule has 0 spiro atoms. The van der Waals surface area contributed by atoms with Crippen molar-refractivity contribution in [3.63, 3.8) is 0 Å². The predicted molar refractivity (Wildman–Crippen MR) is 143 cm³/mol. The Kier molecular flexibility index (Phi) is 7.85. The SMILES string of the molecule is COc1ccc2c(Oc3ccc(OCCN4CCCCCC4)cc3)c(-c3ccc(F)c(F)c3)ccc2c1. The van der Waals surface area contributed by atoms with Crippen LogP contribution < -0.4 is 14.2 Å². The lowest BCUT2D eigenvalue weighted by Crippen LogP contribution is -2.29. The number of benzene rings is 4. The number of halogens is 2. The van der Waals surface area contributed by atoms with Crippen molar-refractivity contribution in [1.29, 1.82) is 0 Å². The second-order valence-corrected chi connectivity index (χ2v) is 9.34. The van der Waals surface area contributed by atoms with Crippen LogP contribution in [0.2, 0.25) is 0 Å². The molecule has 192 valence electrons. The lowest BCUT2D eigenvalue weighted by molar-refractivity contribution is 0.214. The highest BCUT2D eigenvalue weighted by Crippen LogP contribution is 2.41. The summed E-state index contributed by atoms with van der Waals surface area (Å²) in [5.74, 6) is 0.891. The first kappa shape index (κ1) is 25.0. The first-order chi connectivity index (χ1) is 18.1. The van der Waals surface area contributed by atoms with Crippen LogP contribution in [0.1, 0.15) is 25.7 Å². The average Bonchev–Trinajstić information content (AvgIpc) is 3.20. The number of hydrogen-bond donors (Lipinski definition) is 0. The molecule has 0 atom stereocenters. The minimum Gasteiger partial charge on any atom is -0.497 e. The number of likely N-dealkylation sites (tertiary alicyclic amines) is 1. The van der Waals surface area contributed by atoms with Gasteiger partial charge in [-0.25, -0.2) is 8.78 Å². The van der Waals surface area contributed by atoms with Gasteiger partial charge in [-0.3, -0.25) is 4.90 Å². The van der Waals surface area contributed by atoms with Crippen LogP contribution in [-0.4, -0.2) is 38.3 Å². The lowest BCUT2D eigenvalue weighted by atomic mass is 9.99. The molecule has 0 radical (unpaired) electrons. The Morgan fingerprint density at radius 3 is 2.19 bits per heavy atom. The summed E-state index contributed by atoms with van der Waals surface area (Å²) in [6, 6.07) is 20.8. The van der Waals surface area contributed by atoms with Gasteiger partial charge in [0, 0.05) is 17.5 Å². The molecule has 1 fully saturated rings. The van der Waals surface area contributed by atoms with Crippen molar-refractivity contribution >= 4 is 10.8 Å². The zero-order valence-corrected chi connectivity index (χ0v) is 21.0. The Morgan fingerprint density at radius 1 is 0.730 bits per heavy atom. The van der Waals surface area contributed by atoms with Gasteiger partial charge in [0.05, 0.1) is 7.11 Å². The minimum atomic E-state index is -0.903. The van der Waals surface area contributed by atoms with E-state index in [1.54, 1.807) is 13.2 Å². The third-order valence-corrected chi connectivity index (χ3v) is 6.83. The normalized spacial score (nSPS) is 14.4. The lowest BCUT2D eigenvalue weighted by Gasteiger charge is -2.19. The average molecular weight is 504 g/mol. The van der Waals surface area contributed by atoms with Gasteiger partial charge in [0.1, 0.15) is 29.6 Å². The van der Waals surface area contributed by atoms with Gasteiger partial charge in [-0.15, -0.1) is 0 Å². The minimum absolute atomic E-state index is 0.528. The third-order valence-electron chi connectivity index (χ3n) is 6.83. The number of fused-ring (bicyclic) bond motifs is 1. The van der Waals surface area contributed by atoms with Crippen molar-refractivity contribution in [2.75, 3.05) is 33.4 Å². The predicted octanol–water partition coefficient (Wildman–Crippen LogP) is 7.84. The summed E-state index contributed by atoms with van der Waals surface area (Å²) in [5.41, 5.74) is 1.19. The van der Waals surface area contributed by atoms with E-state index in [0.717, 1.165) is 48.0 Å². The zero-order chi connectivity index (χ0) is 25.6. The Balaban J connectivity index is 1.37. The van der Waals surface area contributed by atoms with Crippen LogP contribution in [0.4, 0.5) is 8.78 Å². The molecule has 4 aromatic rings. The van der Waals surface area contributed by atoms with Crippen molar-refractivity contribution in [2.45, 2.75) is 25.7 Å². The molecule has 4 aromatic carbocycles. The van der Waals surface area contributed by atoms with Gasteiger partial charge < -0.3 is 14.2 Å². The number of methoxy groups -OCH3 is 1. The standard InChI is InChI=1S/C31H31F2NO3/c1-35-26-12-14-28-22(20-26)6-13-27(23-7-15-29(32)30(33)21-23)31(28)37-25-10-8-24(9-11-25)36-19-18-34-16-4-2-3-5-17-34/h6-15,20-21H,2-5,16-19H2,1H3. The summed E-state index contributed by atoms with van der Waals surface area (Å²) in [4.78, 5) is 2.47.